The average Bonchev–Trinajstić information content (AvgIpc) is 2.51. The van der Waals surface area contributed by atoms with Crippen LogP contribution in [0.25, 0.3) is 0 Å². The highest BCUT2D eigenvalue weighted by molar-refractivity contribution is 14.1. The number of nitrogens with one attached hydrogen (secondary N) is 1. The molecule has 3 N–H and O–H groups in total. The Kier molecular flexibility index (Phi) is 13.0. The molecule has 1 aliphatic heterocycles. The molecule has 1 fully saturated rings. The van der Waals surface area contributed by atoms with Crippen LogP contribution in [0.15, 0.2) is 0 Å². The molecule has 0 aromatic rings. The Hall–Kier alpha value is 0.490. The molecule has 0 unspecified atom stereocenters. The van der Waals surface area contributed by atoms with Crippen molar-refractivity contribution in [3.63, 3.8) is 0 Å². The standard InChI is InChI=1S/C15H33IN4O2/c16-20-8-2-5-17-4-1-6-18(12-14-21)10-11-19(13-15-22)7-3-9-20/h17,21-22H,1-15H2. The third kappa shape index (κ3) is 10.3. The molecule has 0 aliphatic carbocycles. The van der Waals surface area contributed by atoms with Crippen LogP contribution in [-0.2, 0) is 0 Å². The van der Waals surface area contributed by atoms with Crippen LogP contribution in [0.1, 0.15) is 19.3 Å². The second-order valence-electron chi connectivity index (χ2n) is 5.85. The molecule has 0 radical (unpaired) electrons. The smallest absolute Gasteiger partial charge is 0.0558 e. The first kappa shape index (κ1) is 20.5. The lowest BCUT2D eigenvalue weighted by Crippen LogP contribution is -2.39. The van der Waals surface area contributed by atoms with E-state index in [2.05, 4.69) is 41.1 Å². The van der Waals surface area contributed by atoms with Gasteiger partial charge in [0.1, 0.15) is 0 Å². The summed E-state index contributed by atoms with van der Waals surface area (Å²) in [5.41, 5.74) is 0. The molecule has 0 atom stereocenters. The van der Waals surface area contributed by atoms with E-state index in [0.717, 1.165) is 78.3 Å². The summed E-state index contributed by atoms with van der Waals surface area (Å²) in [6, 6.07) is 0. The van der Waals surface area contributed by atoms with Crippen molar-refractivity contribution in [1.29, 1.82) is 0 Å². The van der Waals surface area contributed by atoms with Crippen LogP contribution in [-0.4, -0.2) is 102 Å². The zero-order valence-electron chi connectivity index (χ0n) is 13.7. The average molecular weight is 428 g/mol. The van der Waals surface area contributed by atoms with E-state index in [0.29, 0.717) is 0 Å². The van der Waals surface area contributed by atoms with Crippen LogP contribution in [0.2, 0.25) is 0 Å². The lowest BCUT2D eigenvalue weighted by molar-refractivity contribution is 0.149. The number of hydrogen-bond acceptors (Lipinski definition) is 6. The van der Waals surface area contributed by atoms with Gasteiger partial charge in [-0.25, -0.2) is 3.11 Å². The molecular formula is C15H33IN4O2. The summed E-state index contributed by atoms with van der Waals surface area (Å²) in [7, 11) is 0. The molecular weight excluding hydrogens is 395 g/mol. The first-order valence-corrected chi connectivity index (χ1v) is 9.50. The fourth-order valence-electron chi connectivity index (χ4n) is 2.74. The monoisotopic (exact) mass is 428 g/mol. The van der Waals surface area contributed by atoms with E-state index >= 15 is 0 Å². The van der Waals surface area contributed by atoms with Crippen molar-refractivity contribution in [2.75, 3.05) is 78.7 Å². The maximum atomic E-state index is 9.23. The van der Waals surface area contributed by atoms with Gasteiger partial charge in [-0.15, -0.1) is 0 Å². The summed E-state index contributed by atoms with van der Waals surface area (Å²) in [6.45, 7) is 10.3. The van der Waals surface area contributed by atoms with Gasteiger partial charge in [0.15, 0.2) is 0 Å². The predicted octanol–water partition coefficient (Wildman–Crippen LogP) is 0.000500. The molecule has 0 amide bonds. The SMILES string of the molecule is OCCN1CCCNCCCN(I)CCCN(CCO)CC1. The second-order valence-corrected chi connectivity index (χ2v) is 7.22. The quantitative estimate of drug-likeness (QED) is 0.433. The van der Waals surface area contributed by atoms with E-state index in [-0.39, 0.29) is 13.2 Å². The first-order chi connectivity index (χ1) is 10.8. The van der Waals surface area contributed by atoms with Gasteiger partial charge in [0.25, 0.3) is 0 Å². The minimum atomic E-state index is 0.219. The van der Waals surface area contributed by atoms with Gasteiger partial charge in [-0.1, -0.05) is 0 Å². The summed E-state index contributed by atoms with van der Waals surface area (Å²) in [5, 5.41) is 21.9. The molecule has 0 aromatic carbocycles. The highest BCUT2D eigenvalue weighted by atomic mass is 127. The van der Waals surface area contributed by atoms with Crippen molar-refractivity contribution < 1.29 is 10.2 Å². The van der Waals surface area contributed by atoms with Crippen LogP contribution in [0.5, 0.6) is 0 Å². The normalized spacial score (nSPS) is 23.0. The molecule has 0 spiro atoms. The van der Waals surface area contributed by atoms with Gasteiger partial charge in [-0.3, -0.25) is 9.80 Å². The summed E-state index contributed by atoms with van der Waals surface area (Å²) in [6.07, 6.45) is 3.44. The summed E-state index contributed by atoms with van der Waals surface area (Å²) in [4.78, 5) is 4.67. The van der Waals surface area contributed by atoms with Crippen LogP contribution in [0.4, 0.5) is 0 Å². The van der Waals surface area contributed by atoms with E-state index in [9.17, 15) is 10.2 Å². The molecule has 1 heterocycles. The molecule has 7 heteroatoms. The summed E-state index contributed by atoms with van der Waals surface area (Å²) < 4.78 is 2.37. The van der Waals surface area contributed by atoms with Crippen molar-refractivity contribution in [2.45, 2.75) is 19.3 Å². The van der Waals surface area contributed by atoms with Gasteiger partial charge >= 0.3 is 0 Å². The van der Waals surface area contributed by atoms with E-state index in [4.69, 9.17) is 0 Å². The van der Waals surface area contributed by atoms with Gasteiger partial charge < -0.3 is 15.5 Å². The van der Waals surface area contributed by atoms with Crippen molar-refractivity contribution in [1.82, 2.24) is 18.2 Å². The molecule has 1 rings (SSSR count). The largest absolute Gasteiger partial charge is 0.395 e. The van der Waals surface area contributed by atoms with Crippen molar-refractivity contribution in [2.24, 2.45) is 0 Å². The Morgan fingerprint density at radius 2 is 1.23 bits per heavy atom. The molecule has 132 valence electrons. The number of aliphatic hydroxyl groups is 2. The molecule has 1 aliphatic rings. The molecule has 0 aromatic heterocycles. The summed E-state index contributed by atoms with van der Waals surface area (Å²) in [5.74, 6) is 0. The van der Waals surface area contributed by atoms with E-state index in [1.807, 2.05) is 0 Å². The Labute approximate surface area is 149 Å². The minimum absolute atomic E-state index is 0.219. The van der Waals surface area contributed by atoms with E-state index in [1.54, 1.807) is 0 Å². The lowest BCUT2D eigenvalue weighted by atomic mass is 10.3. The van der Waals surface area contributed by atoms with Crippen LogP contribution >= 0.6 is 22.9 Å². The number of hydrogen-bond donors (Lipinski definition) is 3. The third-order valence-electron chi connectivity index (χ3n) is 4.02. The Balaban J connectivity index is 2.47. The highest BCUT2D eigenvalue weighted by Crippen LogP contribution is 2.04. The topological polar surface area (TPSA) is 62.2 Å². The van der Waals surface area contributed by atoms with Gasteiger partial charge in [-0.05, 0) is 45.4 Å². The molecule has 6 nitrogen and oxygen atoms in total. The number of nitrogens with zero attached hydrogens (tertiary/aromatic N) is 3. The number of β-amino-alcohol motifs (C(OH)–C–C–N with tert-alkyl or cyclic N) is 2. The van der Waals surface area contributed by atoms with E-state index < -0.39 is 0 Å². The maximum Gasteiger partial charge on any atom is 0.0558 e. The van der Waals surface area contributed by atoms with Crippen molar-refractivity contribution in [3.8, 4) is 0 Å². The first-order valence-electron chi connectivity index (χ1n) is 8.54. The minimum Gasteiger partial charge on any atom is -0.395 e. The Morgan fingerprint density at radius 3 is 1.82 bits per heavy atom. The molecule has 0 saturated carbocycles. The fraction of sp³-hybridized carbons (Fsp3) is 1.00. The highest BCUT2D eigenvalue weighted by Gasteiger charge is 2.10. The Bertz CT molecular complexity index is 262. The zero-order valence-corrected chi connectivity index (χ0v) is 15.9. The van der Waals surface area contributed by atoms with Gasteiger partial charge in [-0.2, -0.15) is 0 Å². The number of rotatable bonds is 4. The van der Waals surface area contributed by atoms with E-state index in [1.165, 1.54) is 6.42 Å². The molecule has 1 saturated heterocycles. The maximum absolute atomic E-state index is 9.23. The Morgan fingerprint density at radius 1 is 0.727 bits per heavy atom. The van der Waals surface area contributed by atoms with Crippen LogP contribution in [0.3, 0.4) is 0 Å². The predicted molar refractivity (Wildman–Crippen MR) is 99.4 cm³/mol. The number of aliphatic hydroxyl groups excluding tert-OH is 2. The van der Waals surface area contributed by atoms with Crippen molar-refractivity contribution >= 4 is 22.9 Å². The zero-order chi connectivity index (χ0) is 16.0. The van der Waals surface area contributed by atoms with Crippen molar-refractivity contribution in [3.05, 3.63) is 0 Å². The van der Waals surface area contributed by atoms with Crippen LogP contribution in [0, 0.1) is 0 Å². The van der Waals surface area contributed by atoms with Gasteiger partial charge in [0, 0.05) is 62.1 Å². The van der Waals surface area contributed by atoms with Gasteiger partial charge in [0.2, 0.25) is 0 Å². The molecule has 0 bridgehead atoms. The molecule has 22 heavy (non-hydrogen) atoms. The number of halogens is 1. The second kappa shape index (κ2) is 13.9. The van der Waals surface area contributed by atoms with Crippen LogP contribution < -0.4 is 5.32 Å². The summed E-state index contributed by atoms with van der Waals surface area (Å²) >= 11 is 2.42. The lowest BCUT2D eigenvalue weighted by Gasteiger charge is -2.27. The fourth-order valence-corrected chi connectivity index (χ4v) is 3.42. The third-order valence-corrected chi connectivity index (χ3v) is 4.99. The van der Waals surface area contributed by atoms with Gasteiger partial charge in [0.05, 0.1) is 13.2 Å².